The van der Waals surface area contributed by atoms with Gasteiger partial charge in [-0.3, -0.25) is 25.2 Å². The molecule has 2 aromatic rings. The Hall–Kier alpha value is -3.55. The molecule has 3 rings (SSSR count). The third-order valence-corrected chi connectivity index (χ3v) is 5.06. The highest BCUT2D eigenvalue weighted by atomic mass is 16.5. The predicted octanol–water partition coefficient (Wildman–Crippen LogP) is 2.26. The normalized spacial score (nSPS) is 15.3. The van der Waals surface area contributed by atoms with Crippen LogP contribution < -0.4 is 20.9 Å². The zero-order chi connectivity index (χ0) is 22.2. The number of rotatable bonds is 7. The van der Waals surface area contributed by atoms with E-state index in [1.54, 1.807) is 24.3 Å². The monoisotopic (exact) mass is 424 g/mol. The Morgan fingerprint density at radius 3 is 2.55 bits per heavy atom. The molecule has 8 nitrogen and oxygen atoms in total. The van der Waals surface area contributed by atoms with Gasteiger partial charge in [0.05, 0.1) is 18.7 Å². The predicted molar refractivity (Wildman–Crippen MR) is 118 cm³/mol. The van der Waals surface area contributed by atoms with Crippen molar-refractivity contribution in [1.29, 1.82) is 0 Å². The van der Waals surface area contributed by atoms with E-state index in [0.717, 1.165) is 11.3 Å². The lowest BCUT2D eigenvalue weighted by Crippen LogP contribution is -2.52. The van der Waals surface area contributed by atoms with Gasteiger partial charge in [0.15, 0.2) is 0 Å². The molecule has 1 heterocycles. The zero-order valence-corrected chi connectivity index (χ0v) is 17.8. The van der Waals surface area contributed by atoms with E-state index in [4.69, 9.17) is 4.74 Å². The highest BCUT2D eigenvalue weighted by Crippen LogP contribution is 2.25. The average molecular weight is 425 g/mol. The summed E-state index contributed by atoms with van der Waals surface area (Å²) in [5.41, 5.74) is 7.22. The molecular formula is C23H28N4O4. The second kappa shape index (κ2) is 10.5. The summed E-state index contributed by atoms with van der Waals surface area (Å²) in [6.45, 7) is 4.76. The smallest absolute Gasteiger partial charge is 0.261 e. The summed E-state index contributed by atoms with van der Waals surface area (Å²) in [5, 5.41) is 2.99. The van der Waals surface area contributed by atoms with E-state index < -0.39 is 11.9 Å². The van der Waals surface area contributed by atoms with Crippen molar-refractivity contribution in [2.45, 2.75) is 32.7 Å². The summed E-state index contributed by atoms with van der Waals surface area (Å²) in [4.78, 5) is 39.3. The molecule has 1 unspecified atom stereocenters. The number of hydrogen-bond donors (Lipinski definition) is 3. The van der Waals surface area contributed by atoms with Crippen LogP contribution in [0.2, 0.25) is 0 Å². The molecule has 1 aliphatic rings. The van der Waals surface area contributed by atoms with Crippen molar-refractivity contribution in [1.82, 2.24) is 15.8 Å². The third kappa shape index (κ3) is 5.75. The Morgan fingerprint density at radius 2 is 1.81 bits per heavy atom. The van der Waals surface area contributed by atoms with Crippen LogP contribution in [-0.2, 0) is 9.59 Å². The van der Waals surface area contributed by atoms with Crippen LogP contribution >= 0.6 is 0 Å². The van der Waals surface area contributed by atoms with Crippen LogP contribution in [0.1, 0.15) is 35.7 Å². The first-order valence-corrected chi connectivity index (χ1v) is 10.4. The van der Waals surface area contributed by atoms with Crippen LogP contribution in [0, 0.1) is 6.92 Å². The van der Waals surface area contributed by atoms with Crippen molar-refractivity contribution in [3.8, 4) is 5.75 Å². The van der Waals surface area contributed by atoms with Crippen LogP contribution in [0.15, 0.2) is 48.5 Å². The summed E-state index contributed by atoms with van der Waals surface area (Å²) in [6.07, 6.45) is 1.25. The van der Waals surface area contributed by atoms with Gasteiger partial charge < -0.3 is 15.0 Å². The van der Waals surface area contributed by atoms with Crippen LogP contribution in [0.4, 0.5) is 5.69 Å². The van der Waals surface area contributed by atoms with Gasteiger partial charge in [-0.25, -0.2) is 0 Å². The van der Waals surface area contributed by atoms with Gasteiger partial charge in [-0.1, -0.05) is 29.8 Å². The molecule has 0 aromatic heterocycles. The van der Waals surface area contributed by atoms with E-state index >= 15 is 0 Å². The summed E-state index contributed by atoms with van der Waals surface area (Å²) in [6, 6.07) is 14.0. The van der Waals surface area contributed by atoms with Gasteiger partial charge >= 0.3 is 0 Å². The number of ether oxygens (including phenoxy) is 1. The number of carbonyl (C=O) groups excluding carboxylic acids is 3. The highest BCUT2D eigenvalue weighted by molar-refractivity contribution is 6.00. The molecule has 3 N–H and O–H groups in total. The van der Waals surface area contributed by atoms with E-state index in [9.17, 15) is 14.4 Å². The maximum atomic E-state index is 13.0. The van der Waals surface area contributed by atoms with Crippen LogP contribution in [0.3, 0.4) is 0 Å². The molecule has 0 bridgehead atoms. The summed E-state index contributed by atoms with van der Waals surface area (Å²) < 4.78 is 5.55. The fourth-order valence-electron chi connectivity index (χ4n) is 3.47. The van der Waals surface area contributed by atoms with Crippen molar-refractivity contribution in [3.05, 3.63) is 59.7 Å². The maximum Gasteiger partial charge on any atom is 0.261 e. The number of hydrogen-bond acceptors (Lipinski definition) is 5. The zero-order valence-electron chi connectivity index (χ0n) is 17.8. The first kappa shape index (κ1) is 22.1. The maximum absolute atomic E-state index is 13.0. The Morgan fingerprint density at radius 1 is 1.06 bits per heavy atom. The molecule has 0 aliphatic carbocycles. The summed E-state index contributed by atoms with van der Waals surface area (Å²) >= 11 is 0. The number of likely N-dealkylation sites (tertiary alicyclic amines) is 1. The van der Waals surface area contributed by atoms with Gasteiger partial charge in [0, 0.05) is 12.2 Å². The molecule has 31 heavy (non-hydrogen) atoms. The number of anilines is 1. The average Bonchev–Trinajstić information content (AvgIpc) is 3.27. The lowest BCUT2D eigenvalue weighted by atomic mass is 10.1. The highest BCUT2D eigenvalue weighted by Gasteiger charge is 2.35. The Balaban J connectivity index is 1.54. The fraction of sp³-hybridized carbons (Fsp3) is 0.348. The lowest BCUT2D eigenvalue weighted by molar-refractivity contribution is -0.130. The van der Waals surface area contributed by atoms with Gasteiger partial charge in [-0.2, -0.15) is 0 Å². The number of para-hydroxylation sites is 1. The molecule has 3 amide bonds. The molecule has 0 spiro atoms. The Labute approximate surface area is 181 Å². The van der Waals surface area contributed by atoms with Crippen molar-refractivity contribution in [2.24, 2.45) is 0 Å². The molecular weight excluding hydrogens is 396 g/mol. The second-order valence-corrected chi connectivity index (χ2v) is 7.34. The van der Waals surface area contributed by atoms with E-state index in [0.29, 0.717) is 37.3 Å². The van der Waals surface area contributed by atoms with E-state index in [1.807, 2.05) is 38.1 Å². The first-order chi connectivity index (χ1) is 15.0. The number of amides is 3. The van der Waals surface area contributed by atoms with Gasteiger partial charge in [-0.05, 0) is 51.0 Å². The minimum Gasteiger partial charge on any atom is -0.493 e. The quantitative estimate of drug-likeness (QED) is 0.592. The standard InChI is InChI=1S/C23H28N4O4/c1-3-31-20-9-5-4-7-18(20)23(30)27-14-6-8-19(27)22(29)26-25-21(28)15-24-17-12-10-16(2)11-13-17/h4-5,7,9-13,19,24H,3,6,8,14-15H2,1-2H3,(H,25,28)(H,26,29). The van der Waals surface area contributed by atoms with Crippen molar-refractivity contribution in [3.63, 3.8) is 0 Å². The van der Waals surface area contributed by atoms with Crippen molar-refractivity contribution in [2.75, 3.05) is 25.0 Å². The van der Waals surface area contributed by atoms with Crippen LogP contribution in [0.5, 0.6) is 5.75 Å². The Kier molecular flexibility index (Phi) is 7.48. The third-order valence-electron chi connectivity index (χ3n) is 5.06. The fourth-order valence-corrected chi connectivity index (χ4v) is 3.47. The minimum absolute atomic E-state index is 0.0123. The van der Waals surface area contributed by atoms with Crippen molar-refractivity contribution >= 4 is 23.4 Å². The molecule has 0 saturated carbocycles. The number of hydrazine groups is 1. The molecule has 164 valence electrons. The van der Waals surface area contributed by atoms with Gasteiger partial charge in [0.2, 0.25) is 0 Å². The number of nitrogens with one attached hydrogen (secondary N) is 3. The van der Waals surface area contributed by atoms with Crippen molar-refractivity contribution < 1.29 is 19.1 Å². The molecule has 0 radical (unpaired) electrons. The number of nitrogens with zero attached hydrogens (tertiary/aromatic N) is 1. The molecule has 1 atom stereocenters. The number of aryl methyl sites for hydroxylation is 1. The number of carbonyl (C=O) groups is 3. The molecule has 1 fully saturated rings. The SMILES string of the molecule is CCOc1ccccc1C(=O)N1CCCC1C(=O)NNC(=O)CNc1ccc(C)cc1. The van der Waals surface area contributed by atoms with E-state index in [2.05, 4.69) is 16.2 Å². The van der Waals surface area contributed by atoms with Gasteiger partial charge in [-0.15, -0.1) is 0 Å². The second-order valence-electron chi connectivity index (χ2n) is 7.34. The summed E-state index contributed by atoms with van der Waals surface area (Å²) in [7, 11) is 0. The summed E-state index contributed by atoms with van der Waals surface area (Å²) in [5.74, 6) is -0.555. The molecule has 1 saturated heterocycles. The van der Waals surface area contributed by atoms with Gasteiger partial charge in [0.1, 0.15) is 11.8 Å². The lowest BCUT2D eigenvalue weighted by Gasteiger charge is -2.25. The minimum atomic E-state index is -0.646. The number of benzene rings is 2. The molecule has 1 aliphatic heterocycles. The van der Waals surface area contributed by atoms with E-state index in [-0.39, 0.29) is 18.4 Å². The largest absolute Gasteiger partial charge is 0.493 e. The molecule has 2 aromatic carbocycles. The van der Waals surface area contributed by atoms with Gasteiger partial charge in [0.25, 0.3) is 17.7 Å². The molecule has 8 heteroatoms. The Bertz CT molecular complexity index is 929. The topological polar surface area (TPSA) is 99.8 Å². The van der Waals surface area contributed by atoms with Crippen LogP contribution in [0.25, 0.3) is 0 Å². The van der Waals surface area contributed by atoms with Crippen LogP contribution in [-0.4, -0.2) is 48.4 Å². The van der Waals surface area contributed by atoms with E-state index in [1.165, 1.54) is 4.90 Å². The first-order valence-electron chi connectivity index (χ1n) is 10.4.